The molecular formula is C14H17FO. The summed E-state index contributed by atoms with van der Waals surface area (Å²) in [5.41, 5.74) is 1.18. The van der Waals surface area contributed by atoms with Crippen LogP contribution in [0.3, 0.4) is 0 Å². The molecule has 1 aromatic rings. The van der Waals surface area contributed by atoms with Crippen molar-refractivity contribution in [3.8, 4) is 0 Å². The van der Waals surface area contributed by atoms with Crippen molar-refractivity contribution >= 4 is 5.78 Å². The van der Waals surface area contributed by atoms with Crippen molar-refractivity contribution in [1.29, 1.82) is 0 Å². The fourth-order valence-electron chi connectivity index (χ4n) is 2.58. The summed E-state index contributed by atoms with van der Waals surface area (Å²) in [6.07, 6.45) is 4.14. The van der Waals surface area contributed by atoms with Gasteiger partial charge < -0.3 is 0 Å². The van der Waals surface area contributed by atoms with E-state index >= 15 is 0 Å². The summed E-state index contributed by atoms with van der Waals surface area (Å²) in [5.74, 6) is 1.00. The lowest BCUT2D eigenvalue weighted by Crippen LogP contribution is -2.07. The van der Waals surface area contributed by atoms with Crippen molar-refractivity contribution in [1.82, 2.24) is 0 Å². The predicted octanol–water partition coefficient (Wildman–Crippen LogP) is 3.37. The molecule has 16 heavy (non-hydrogen) atoms. The molecule has 0 radical (unpaired) electrons. The zero-order valence-electron chi connectivity index (χ0n) is 9.58. The highest BCUT2D eigenvalue weighted by Gasteiger charge is 2.27. The molecule has 0 N–H and O–H groups in total. The molecule has 2 heteroatoms. The van der Waals surface area contributed by atoms with Crippen LogP contribution in [0.25, 0.3) is 0 Å². The first-order chi connectivity index (χ1) is 7.65. The van der Waals surface area contributed by atoms with Crippen molar-refractivity contribution in [2.24, 2.45) is 11.8 Å². The summed E-state index contributed by atoms with van der Waals surface area (Å²) in [4.78, 5) is 11.2. The van der Waals surface area contributed by atoms with Gasteiger partial charge in [0.15, 0.2) is 0 Å². The molecule has 0 saturated heterocycles. The molecule has 0 heterocycles. The lowest BCUT2D eigenvalue weighted by molar-refractivity contribution is -0.120. The summed E-state index contributed by atoms with van der Waals surface area (Å²) < 4.78 is 12.7. The summed E-state index contributed by atoms with van der Waals surface area (Å²) in [6, 6.07) is 6.70. The van der Waals surface area contributed by atoms with Gasteiger partial charge in [-0.1, -0.05) is 12.1 Å². The van der Waals surface area contributed by atoms with Crippen molar-refractivity contribution in [3.05, 3.63) is 35.6 Å². The molecule has 1 aliphatic carbocycles. The van der Waals surface area contributed by atoms with Crippen LogP contribution in [0.5, 0.6) is 0 Å². The van der Waals surface area contributed by atoms with E-state index in [1.54, 1.807) is 6.92 Å². The van der Waals surface area contributed by atoms with Gasteiger partial charge in [0, 0.05) is 5.92 Å². The molecule has 0 aliphatic heterocycles. The molecule has 0 unspecified atom stereocenters. The molecule has 86 valence electrons. The number of Topliss-reactive ketones (excluding diaryl/α,β-unsaturated/α-hetero) is 1. The minimum atomic E-state index is -0.184. The maximum Gasteiger partial charge on any atom is 0.132 e. The van der Waals surface area contributed by atoms with Gasteiger partial charge in [-0.05, 0) is 56.2 Å². The van der Waals surface area contributed by atoms with Crippen LogP contribution in [0.15, 0.2) is 24.3 Å². The van der Waals surface area contributed by atoms with Crippen LogP contribution in [-0.2, 0) is 11.2 Å². The van der Waals surface area contributed by atoms with Gasteiger partial charge >= 0.3 is 0 Å². The lowest BCUT2D eigenvalue weighted by atomic mass is 9.96. The third kappa shape index (κ3) is 2.69. The predicted molar refractivity (Wildman–Crippen MR) is 61.6 cm³/mol. The number of ketones is 1. The van der Waals surface area contributed by atoms with Crippen molar-refractivity contribution in [2.45, 2.75) is 32.6 Å². The normalized spacial score (nSPS) is 24.6. The van der Waals surface area contributed by atoms with Crippen molar-refractivity contribution in [2.75, 3.05) is 0 Å². The lowest BCUT2D eigenvalue weighted by Gasteiger charge is -2.09. The quantitative estimate of drug-likeness (QED) is 0.763. The van der Waals surface area contributed by atoms with Gasteiger partial charge in [0.05, 0.1) is 0 Å². The Morgan fingerprint density at radius 2 is 2.00 bits per heavy atom. The molecule has 1 nitrogen and oxygen atoms in total. The highest BCUT2D eigenvalue weighted by Crippen LogP contribution is 2.33. The molecule has 2 rings (SSSR count). The number of hydrogen-bond acceptors (Lipinski definition) is 1. The number of carbonyl (C=O) groups excluding carboxylic acids is 1. The van der Waals surface area contributed by atoms with Gasteiger partial charge in [0.1, 0.15) is 11.6 Å². The van der Waals surface area contributed by atoms with Crippen molar-refractivity contribution < 1.29 is 9.18 Å². The third-order valence-corrected chi connectivity index (χ3v) is 3.55. The topological polar surface area (TPSA) is 17.1 Å². The minimum absolute atomic E-state index is 0.184. The van der Waals surface area contributed by atoms with E-state index < -0.39 is 0 Å². The maximum absolute atomic E-state index is 12.7. The zero-order chi connectivity index (χ0) is 11.5. The Morgan fingerprint density at radius 1 is 1.31 bits per heavy atom. The molecule has 1 saturated carbocycles. The van der Waals surface area contributed by atoms with Gasteiger partial charge in [-0.25, -0.2) is 4.39 Å². The van der Waals surface area contributed by atoms with E-state index in [0.717, 1.165) is 25.7 Å². The van der Waals surface area contributed by atoms with Crippen LogP contribution in [0.2, 0.25) is 0 Å². The van der Waals surface area contributed by atoms with E-state index in [2.05, 4.69) is 0 Å². The van der Waals surface area contributed by atoms with Crippen LogP contribution in [0, 0.1) is 17.7 Å². The number of halogens is 1. The largest absolute Gasteiger partial charge is 0.300 e. The van der Waals surface area contributed by atoms with E-state index in [1.807, 2.05) is 12.1 Å². The SMILES string of the molecule is CC(=O)[C@H]1CC[C@H](Cc2ccc(F)cc2)C1. The minimum Gasteiger partial charge on any atom is -0.300 e. The first-order valence-electron chi connectivity index (χ1n) is 5.90. The van der Waals surface area contributed by atoms with Gasteiger partial charge in [0.25, 0.3) is 0 Å². The van der Waals surface area contributed by atoms with Gasteiger partial charge in [-0.3, -0.25) is 4.79 Å². The Balaban J connectivity index is 1.92. The second kappa shape index (κ2) is 4.77. The second-order valence-corrected chi connectivity index (χ2v) is 4.82. The standard InChI is InChI=1S/C14H17FO/c1-10(16)13-5-2-12(9-13)8-11-3-6-14(15)7-4-11/h3-4,6-7,12-13H,2,5,8-9H2,1H3/t12-,13+/m1/s1. The van der Waals surface area contributed by atoms with Crippen LogP contribution < -0.4 is 0 Å². The Morgan fingerprint density at radius 3 is 2.56 bits per heavy atom. The molecule has 0 spiro atoms. The van der Waals surface area contributed by atoms with Gasteiger partial charge in [0.2, 0.25) is 0 Å². The second-order valence-electron chi connectivity index (χ2n) is 4.82. The van der Waals surface area contributed by atoms with Gasteiger partial charge in [-0.2, -0.15) is 0 Å². The number of carbonyl (C=O) groups is 1. The van der Waals surface area contributed by atoms with E-state index in [0.29, 0.717) is 11.7 Å². The fraction of sp³-hybridized carbons (Fsp3) is 0.500. The van der Waals surface area contributed by atoms with E-state index in [1.165, 1.54) is 17.7 Å². The molecule has 0 aromatic heterocycles. The summed E-state index contributed by atoms with van der Waals surface area (Å²) >= 11 is 0. The van der Waals surface area contributed by atoms with E-state index in [4.69, 9.17) is 0 Å². The monoisotopic (exact) mass is 220 g/mol. The number of rotatable bonds is 3. The summed E-state index contributed by atoms with van der Waals surface area (Å²) in [7, 11) is 0. The fourth-order valence-corrected chi connectivity index (χ4v) is 2.58. The molecule has 0 amide bonds. The van der Waals surface area contributed by atoms with Crippen LogP contribution in [0.1, 0.15) is 31.7 Å². The summed E-state index contributed by atoms with van der Waals surface area (Å²) in [6.45, 7) is 1.69. The Labute approximate surface area is 95.7 Å². The zero-order valence-corrected chi connectivity index (χ0v) is 9.58. The molecular weight excluding hydrogens is 203 g/mol. The van der Waals surface area contributed by atoms with Crippen molar-refractivity contribution in [3.63, 3.8) is 0 Å². The first-order valence-corrected chi connectivity index (χ1v) is 5.90. The number of benzene rings is 1. The highest BCUT2D eigenvalue weighted by molar-refractivity contribution is 5.78. The number of hydrogen-bond donors (Lipinski definition) is 0. The van der Waals surface area contributed by atoms with Crippen LogP contribution in [0.4, 0.5) is 4.39 Å². The molecule has 1 fully saturated rings. The Bertz CT molecular complexity index is 369. The van der Waals surface area contributed by atoms with Gasteiger partial charge in [-0.15, -0.1) is 0 Å². The average molecular weight is 220 g/mol. The first kappa shape index (κ1) is 11.3. The third-order valence-electron chi connectivity index (χ3n) is 3.55. The summed E-state index contributed by atoms with van der Waals surface area (Å²) in [5, 5.41) is 0. The smallest absolute Gasteiger partial charge is 0.132 e. The van der Waals surface area contributed by atoms with Crippen LogP contribution in [-0.4, -0.2) is 5.78 Å². The molecule has 2 atom stereocenters. The van der Waals surface area contributed by atoms with Crippen LogP contribution >= 0.6 is 0 Å². The Hall–Kier alpha value is -1.18. The molecule has 0 bridgehead atoms. The average Bonchev–Trinajstić information content (AvgIpc) is 2.70. The Kier molecular flexibility index (Phi) is 3.37. The maximum atomic E-state index is 12.7. The highest BCUT2D eigenvalue weighted by atomic mass is 19.1. The van der Waals surface area contributed by atoms with E-state index in [-0.39, 0.29) is 11.7 Å². The molecule has 1 aromatic carbocycles. The van der Waals surface area contributed by atoms with E-state index in [9.17, 15) is 9.18 Å². The molecule has 1 aliphatic rings.